The molecule has 1 fully saturated rings. The largest absolute Gasteiger partial charge is 0.417 e. The molecule has 1 heterocycles. The lowest BCUT2D eigenvalue weighted by atomic mass is 9.93. The lowest BCUT2D eigenvalue weighted by molar-refractivity contribution is -0.321. The van der Waals surface area contributed by atoms with E-state index in [0.717, 1.165) is 25.7 Å². The number of alkyl halides is 3. The number of ether oxygens (including phenoxy) is 2. The summed E-state index contributed by atoms with van der Waals surface area (Å²) in [7, 11) is 0. The van der Waals surface area contributed by atoms with Crippen molar-refractivity contribution in [3.8, 4) is 0 Å². The van der Waals surface area contributed by atoms with Crippen molar-refractivity contribution in [1.82, 2.24) is 0 Å². The van der Waals surface area contributed by atoms with Gasteiger partial charge in [0.25, 0.3) is 0 Å². The van der Waals surface area contributed by atoms with E-state index >= 15 is 0 Å². The highest BCUT2D eigenvalue weighted by atomic mass is 19.4. The topological polar surface area (TPSA) is 38.7 Å². The molecular formula is C13H23F3O3. The van der Waals surface area contributed by atoms with Crippen LogP contribution in [0.4, 0.5) is 13.2 Å². The number of halogens is 3. The third-order valence-corrected chi connectivity index (χ3v) is 3.38. The summed E-state index contributed by atoms with van der Waals surface area (Å²) in [6.07, 6.45) is -4.78. The number of hydrogen-bond acceptors (Lipinski definition) is 3. The standard InChI is InChI=1S/C13H23F3O3/c1-3-4-5-6-7-18-10-8-9(2)11(17)12(19-10)13(14,15)16/h9-12,17H,3-8H2,1-2H3/t9-,10+,11-,12-/m0/s1. The molecule has 1 aliphatic heterocycles. The van der Waals surface area contributed by atoms with Gasteiger partial charge in [-0.3, -0.25) is 0 Å². The summed E-state index contributed by atoms with van der Waals surface area (Å²) >= 11 is 0. The Morgan fingerprint density at radius 3 is 2.53 bits per heavy atom. The Hall–Kier alpha value is -0.330. The molecule has 6 heteroatoms. The fourth-order valence-corrected chi connectivity index (χ4v) is 2.16. The van der Waals surface area contributed by atoms with Crippen LogP contribution in [0.5, 0.6) is 0 Å². The predicted octanol–water partition coefficient (Wildman–Crippen LogP) is 3.26. The summed E-state index contributed by atoms with van der Waals surface area (Å²) in [6.45, 7) is 4.07. The highest BCUT2D eigenvalue weighted by Gasteiger charge is 2.51. The molecule has 0 amide bonds. The minimum atomic E-state index is -4.56. The van der Waals surface area contributed by atoms with Crippen LogP contribution < -0.4 is 0 Å². The van der Waals surface area contributed by atoms with E-state index in [1.54, 1.807) is 6.92 Å². The van der Waals surface area contributed by atoms with Crippen LogP contribution in [-0.2, 0) is 9.47 Å². The van der Waals surface area contributed by atoms with Gasteiger partial charge < -0.3 is 14.6 Å². The lowest BCUT2D eigenvalue weighted by Crippen LogP contribution is -2.52. The Balaban J connectivity index is 2.39. The molecular weight excluding hydrogens is 261 g/mol. The Bertz CT molecular complexity index is 258. The predicted molar refractivity (Wildman–Crippen MR) is 64.6 cm³/mol. The van der Waals surface area contributed by atoms with E-state index in [2.05, 4.69) is 6.92 Å². The van der Waals surface area contributed by atoms with E-state index in [-0.39, 0.29) is 0 Å². The molecule has 1 rings (SSSR count). The molecule has 0 unspecified atom stereocenters. The fraction of sp³-hybridized carbons (Fsp3) is 1.00. The first kappa shape index (κ1) is 16.7. The molecule has 114 valence electrons. The monoisotopic (exact) mass is 284 g/mol. The fourth-order valence-electron chi connectivity index (χ4n) is 2.16. The van der Waals surface area contributed by atoms with Gasteiger partial charge in [0.05, 0.1) is 6.10 Å². The molecule has 3 nitrogen and oxygen atoms in total. The Labute approximate surface area is 112 Å². The maximum absolute atomic E-state index is 12.7. The van der Waals surface area contributed by atoms with Crippen molar-refractivity contribution in [3.05, 3.63) is 0 Å². The van der Waals surface area contributed by atoms with Crippen LogP contribution >= 0.6 is 0 Å². The molecule has 0 spiro atoms. The van der Waals surface area contributed by atoms with Crippen LogP contribution in [0.1, 0.15) is 46.0 Å². The summed E-state index contributed by atoms with van der Waals surface area (Å²) in [5.74, 6) is -0.485. The van der Waals surface area contributed by atoms with E-state index in [0.29, 0.717) is 13.0 Å². The van der Waals surface area contributed by atoms with Gasteiger partial charge >= 0.3 is 6.18 Å². The van der Waals surface area contributed by atoms with Crippen LogP contribution in [0.3, 0.4) is 0 Å². The van der Waals surface area contributed by atoms with Crippen LogP contribution in [0.2, 0.25) is 0 Å². The normalized spacial score (nSPS) is 32.5. The minimum Gasteiger partial charge on any atom is -0.390 e. The van der Waals surface area contributed by atoms with E-state index in [9.17, 15) is 18.3 Å². The maximum atomic E-state index is 12.7. The van der Waals surface area contributed by atoms with Crippen LogP contribution in [-0.4, -0.2) is 36.4 Å². The molecule has 0 bridgehead atoms. The van der Waals surface area contributed by atoms with E-state index in [1.807, 2.05) is 0 Å². The molecule has 1 aliphatic rings. The van der Waals surface area contributed by atoms with Crippen molar-refractivity contribution >= 4 is 0 Å². The number of hydrogen-bond donors (Lipinski definition) is 1. The summed E-state index contributed by atoms with van der Waals surface area (Å²) in [4.78, 5) is 0. The second-order valence-electron chi connectivity index (χ2n) is 5.16. The third-order valence-electron chi connectivity index (χ3n) is 3.38. The highest BCUT2D eigenvalue weighted by Crippen LogP contribution is 2.35. The molecule has 0 aromatic heterocycles. The second kappa shape index (κ2) is 7.45. The zero-order valence-electron chi connectivity index (χ0n) is 11.4. The van der Waals surface area contributed by atoms with Crippen molar-refractivity contribution < 1.29 is 27.8 Å². The minimum absolute atomic E-state index is 0.293. The van der Waals surface area contributed by atoms with Crippen molar-refractivity contribution in [2.24, 2.45) is 5.92 Å². The van der Waals surface area contributed by atoms with Crippen LogP contribution in [0, 0.1) is 5.92 Å². The maximum Gasteiger partial charge on any atom is 0.417 e. The number of aliphatic hydroxyl groups excluding tert-OH is 1. The Kier molecular flexibility index (Phi) is 6.56. The van der Waals surface area contributed by atoms with Crippen molar-refractivity contribution in [3.63, 3.8) is 0 Å². The quantitative estimate of drug-likeness (QED) is 0.761. The van der Waals surface area contributed by atoms with E-state index < -0.39 is 30.6 Å². The molecule has 0 radical (unpaired) electrons. The molecule has 1 saturated heterocycles. The third kappa shape index (κ3) is 5.28. The average Bonchev–Trinajstić information content (AvgIpc) is 2.31. The summed E-state index contributed by atoms with van der Waals surface area (Å²) in [5, 5.41) is 9.53. The van der Waals surface area contributed by atoms with Gasteiger partial charge in [0, 0.05) is 13.0 Å². The van der Waals surface area contributed by atoms with Crippen molar-refractivity contribution in [1.29, 1.82) is 0 Å². The van der Waals surface area contributed by atoms with E-state index in [1.165, 1.54) is 0 Å². The highest BCUT2D eigenvalue weighted by molar-refractivity contribution is 4.85. The summed E-state index contributed by atoms with van der Waals surface area (Å²) in [6, 6.07) is 0. The van der Waals surface area contributed by atoms with E-state index in [4.69, 9.17) is 9.47 Å². The van der Waals surface area contributed by atoms with Gasteiger partial charge in [0.2, 0.25) is 0 Å². The molecule has 0 aromatic rings. The first-order valence-corrected chi connectivity index (χ1v) is 6.88. The zero-order valence-corrected chi connectivity index (χ0v) is 11.4. The number of rotatable bonds is 6. The summed E-state index contributed by atoms with van der Waals surface area (Å²) in [5.41, 5.74) is 0. The molecule has 1 N–H and O–H groups in total. The number of aliphatic hydroxyl groups is 1. The Morgan fingerprint density at radius 1 is 1.26 bits per heavy atom. The molecule has 19 heavy (non-hydrogen) atoms. The smallest absolute Gasteiger partial charge is 0.390 e. The van der Waals surface area contributed by atoms with Gasteiger partial charge in [-0.2, -0.15) is 13.2 Å². The lowest BCUT2D eigenvalue weighted by Gasteiger charge is -2.38. The van der Waals surface area contributed by atoms with Gasteiger partial charge in [-0.15, -0.1) is 0 Å². The molecule has 0 aromatic carbocycles. The van der Waals surface area contributed by atoms with Crippen LogP contribution in [0.15, 0.2) is 0 Å². The Morgan fingerprint density at radius 2 is 1.95 bits per heavy atom. The molecule has 4 atom stereocenters. The summed E-state index contributed by atoms with van der Waals surface area (Å²) < 4.78 is 48.2. The second-order valence-corrected chi connectivity index (χ2v) is 5.16. The van der Waals surface area contributed by atoms with Gasteiger partial charge in [-0.25, -0.2) is 0 Å². The molecule has 0 saturated carbocycles. The number of unbranched alkanes of at least 4 members (excludes halogenated alkanes) is 3. The molecule has 0 aliphatic carbocycles. The van der Waals surface area contributed by atoms with Gasteiger partial charge in [0.1, 0.15) is 0 Å². The van der Waals surface area contributed by atoms with Gasteiger partial charge in [-0.1, -0.05) is 33.1 Å². The van der Waals surface area contributed by atoms with Crippen molar-refractivity contribution in [2.45, 2.75) is 70.6 Å². The first-order chi connectivity index (χ1) is 8.86. The average molecular weight is 284 g/mol. The van der Waals surface area contributed by atoms with Crippen LogP contribution in [0.25, 0.3) is 0 Å². The van der Waals surface area contributed by atoms with Gasteiger partial charge in [-0.05, 0) is 12.3 Å². The SMILES string of the molecule is CCCCCCO[C@H]1C[C@H](C)[C@H](O)[C@@H](C(F)(F)F)O1. The van der Waals surface area contributed by atoms with Gasteiger partial charge in [0.15, 0.2) is 12.4 Å². The van der Waals surface area contributed by atoms with Crippen molar-refractivity contribution in [2.75, 3.05) is 6.61 Å². The zero-order chi connectivity index (χ0) is 14.5. The first-order valence-electron chi connectivity index (χ1n) is 6.88.